The van der Waals surface area contributed by atoms with Gasteiger partial charge in [-0.05, 0) is 44.9 Å². The normalized spacial score (nSPS) is 20.1. The van der Waals surface area contributed by atoms with Gasteiger partial charge in [0.2, 0.25) is 5.95 Å². The SMILES string of the molecule is Cc1ccc(C)c(Nc2nc(N3C[C@H](C)O[C@@H](C)C3)nc3nccnc23)c1. The lowest BCUT2D eigenvalue weighted by Gasteiger charge is -2.35. The van der Waals surface area contributed by atoms with Crippen molar-refractivity contribution in [1.29, 1.82) is 0 Å². The maximum absolute atomic E-state index is 5.84. The monoisotopic (exact) mass is 364 g/mol. The highest BCUT2D eigenvalue weighted by Gasteiger charge is 2.25. The molecule has 2 atom stereocenters. The van der Waals surface area contributed by atoms with E-state index in [1.165, 1.54) is 5.56 Å². The van der Waals surface area contributed by atoms with Gasteiger partial charge in [-0.1, -0.05) is 12.1 Å². The summed E-state index contributed by atoms with van der Waals surface area (Å²) in [7, 11) is 0. The number of anilines is 3. The zero-order valence-corrected chi connectivity index (χ0v) is 16.1. The fourth-order valence-corrected chi connectivity index (χ4v) is 3.42. The summed E-state index contributed by atoms with van der Waals surface area (Å²) in [4.78, 5) is 20.5. The summed E-state index contributed by atoms with van der Waals surface area (Å²) in [5, 5.41) is 3.45. The molecule has 1 aromatic carbocycles. The van der Waals surface area contributed by atoms with E-state index in [1.54, 1.807) is 12.4 Å². The molecule has 27 heavy (non-hydrogen) atoms. The third-order valence-corrected chi connectivity index (χ3v) is 4.67. The average molecular weight is 364 g/mol. The zero-order chi connectivity index (χ0) is 19.0. The molecular formula is C20H24N6O. The third-order valence-electron chi connectivity index (χ3n) is 4.67. The molecule has 1 aliphatic heterocycles. The van der Waals surface area contributed by atoms with E-state index in [4.69, 9.17) is 9.72 Å². The van der Waals surface area contributed by atoms with Gasteiger partial charge in [-0.15, -0.1) is 0 Å². The van der Waals surface area contributed by atoms with Crippen molar-refractivity contribution in [2.45, 2.75) is 39.9 Å². The second-order valence-corrected chi connectivity index (χ2v) is 7.21. The highest BCUT2D eigenvalue weighted by molar-refractivity contribution is 5.86. The molecule has 1 fully saturated rings. The Morgan fingerprint density at radius 2 is 1.78 bits per heavy atom. The Labute approximate surface area is 158 Å². The Balaban J connectivity index is 1.78. The number of fused-ring (bicyclic) bond motifs is 1. The molecule has 140 valence electrons. The van der Waals surface area contributed by atoms with Crippen LogP contribution in [-0.4, -0.2) is 45.2 Å². The van der Waals surface area contributed by atoms with Crippen LogP contribution in [0, 0.1) is 13.8 Å². The van der Waals surface area contributed by atoms with Crippen LogP contribution in [0.2, 0.25) is 0 Å². The Kier molecular flexibility index (Phi) is 4.61. The Hall–Kier alpha value is -2.80. The molecular weight excluding hydrogens is 340 g/mol. The molecule has 3 aromatic rings. The molecule has 1 aliphatic rings. The molecule has 0 unspecified atom stereocenters. The summed E-state index contributed by atoms with van der Waals surface area (Å²) in [5.41, 5.74) is 4.59. The fraction of sp³-hybridized carbons (Fsp3) is 0.400. The number of nitrogens with zero attached hydrogens (tertiary/aromatic N) is 5. The second kappa shape index (κ2) is 7.08. The van der Waals surface area contributed by atoms with E-state index < -0.39 is 0 Å². The lowest BCUT2D eigenvalue weighted by Crippen LogP contribution is -2.46. The van der Waals surface area contributed by atoms with Gasteiger partial charge in [0, 0.05) is 31.2 Å². The van der Waals surface area contributed by atoms with Gasteiger partial charge in [-0.25, -0.2) is 9.97 Å². The molecule has 7 nitrogen and oxygen atoms in total. The zero-order valence-electron chi connectivity index (χ0n) is 16.1. The van der Waals surface area contributed by atoms with E-state index in [0.29, 0.717) is 22.9 Å². The van der Waals surface area contributed by atoms with Crippen LogP contribution in [0.25, 0.3) is 11.2 Å². The summed E-state index contributed by atoms with van der Waals surface area (Å²) < 4.78 is 5.84. The molecule has 3 heterocycles. The van der Waals surface area contributed by atoms with Gasteiger partial charge >= 0.3 is 0 Å². The van der Waals surface area contributed by atoms with Crippen LogP contribution >= 0.6 is 0 Å². The van der Waals surface area contributed by atoms with E-state index in [2.05, 4.69) is 71.1 Å². The number of hydrogen-bond acceptors (Lipinski definition) is 7. The molecule has 0 saturated carbocycles. The molecule has 2 aromatic heterocycles. The first-order valence-electron chi connectivity index (χ1n) is 9.23. The van der Waals surface area contributed by atoms with Gasteiger partial charge in [0.05, 0.1) is 12.2 Å². The number of rotatable bonds is 3. The van der Waals surface area contributed by atoms with E-state index in [-0.39, 0.29) is 12.2 Å². The fourth-order valence-electron chi connectivity index (χ4n) is 3.42. The largest absolute Gasteiger partial charge is 0.372 e. The van der Waals surface area contributed by atoms with Crippen LogP contribution in [-0.2, 0) is 4.74 Å². The summed E-state index contributed by atoms with van der Waals surface area (Å²) in [5.74, 6) is 1.32. The number of nitrogens with one attached hydrogen (secondary N) is 1. The Morgan fingerprint density at radius 3 is 2.56 bits per heavy atom. The summed E-state index contributed by atoms with van der Waals surface area (Å²) >= 11 is 0. The predicted octanol–water partition coefficient (Wildman–Crippen LogP) is 3.39. The van der Waals surface area contributed by atoms with Crippen LogP contribution in [0.1, 0.15) is 25.0 Å². The first-order valence-corrected chi connectivity index (χ1v) is 9.23. The Bertz CT molecular complexity index is 966. The molecule has 1 N–H and O–H groups in total. The van der Waals surface area contributed by atoms with Crippen molar-refractivity contribution in [1.82, 2.24) is 19.9 Å². The van der Waals surface area contributed by atoms with Crippen LogP contribution in [0.4, 0.5) is 17.5 Å². The van der Waals surface area contributed by atoms with Gasteiger partial charge in [0.1, 0.15) is 0 Å². The first kappa shape index (κ1) is 17.6. The smallest absolute Gasteiger partial charge is 0.229 e. The number of morpholine rings is 1. The maximum atomic E-state index is 5.84. The van der Waals surface area contributed by atoms with Gasteiger partial charge in [0.25, 0.3) is 0 Å². The van der Waals surface area contributed by atoms with Crippen LogP contribution < -0.4 is 10.2 Å². The van der Waals surface area contributed by atoms with E-state index in [9.17, 15) is 0 Å². The predicted molar refractivity (Wildman–Crippen MR) is 107 cm³/mol. The number of ether oxygens (including phenoxy) is 1. The van der Waals surface area contributed by atoms with Crippen LogP contribution in [0.5, 0.6) is 0 Å². The van der Waals surface area contributed by atoms with Gasteiger partial charge in [-0.2, -0.15) is 9.97 Å². The molecule has 0 radical (unpaired) electrons. The van der Waals surface area contributed by atoms with Crippen molar-refractivity contribution >= 4 is 28.6 Å². The summed E-state index contributed by atoms with van der Waals surface area (Å²) in [6.07, 6.45) is 3.58. The van der Waals surface area contributed by atoms with Crippen molar-refractivity contribution < 1.29 is 4.74 Å². The first-order chi connectivity index (χ1) is 13.0. The molecule has 1 saturated heterocycles. The van der Waals surface area contributed by atoms with Crippen LogP contribution in [0.15, 0.2) is 30.6 Å². The summed E-state index contributed by atoms with van der Waals surface area (Å²) in [6.45, 7) is 9.78. The minimum atomic E-state index is 0.130. The quantitative estimate of drug-likeness (QED) is 0.763. The van der Waals surface area contributed by atoms with Gasteiger partial charge in [0.15, 0.2) is 17.0 Å². The van der Waals surface area contributed by atoms with Crippen molar-refractivity contribution in [3.8, 4) is 0 Å². The summed E-state index contributed by atoms with van der Waals surface area (Å²) in [6, 6.07) is 6.30. The van der Waals surface area contributed by atoms with Gasteiger partial charge in [-0.3, -0.25) is 0 Å². The minimum Gasteiger partial charge on any atom is -0.372 e. The van der Waals surface area contributed by atoms with Gasteiger partial charge < -0.3 is 15.0 Å². The van der Waals surface area contributed by atoms with Crippen molar-refractivity contribution in [3.63, 3.8) is 0 Å². The van der Waals surface area contributed by atoms with E-state index in [0.717, 1.165) is 24.3 Å². The number of aromatic nitrogens is 4. The number of hydrogen-bond donors (Lipinski definition) is 1. The van der Waals surface area contributed by atoms with E-state index >= 15 is 0 Å². The molecule has 0 bridgehead atoms. The van der Waals surface area contributed by atoms with Crippen molar-refractivity contribution in [2.75, 3.05) is 23.3 Å². The molecule has 0 spiro atoms. The van der Waals surface area contributed by atoms with Crippen molar-refractivity contribution in [2.24, 2.45) is 0 Å². The topological polar surface area (TPSA) is 76.1 Å². The molecule has 7 heteroatoms. The minimum absolute atomic E-state index is 0.130. The van der Waals surface area contributed by atoms with Crippen LogP contribution in [0.3, 0.4) is 0 Å². The standard InChI is InChI=1S/C20H24N6O/c1-12-5-6-13(2)16(9-12)23-19-17-18(22-8-7-21-17)24-20(25-19)26-10-14(3)27-15(4)11-26/h5-9,14-15H,10-11H2,1-4H3,(H,22,23,24,25)/t14-,15-/m0/s1. The maximum Gasteiger partial charge on any atom is 0.229 e. The lowest BCUT2D eigenvalue weighted by molar-refractivity contribution is -0.00569. The molecule has 0 amide bonds. The van der Waals surface area contributed by atoms with Crippen molar-refractivity contribution in [3.05, 3.63) is 41.7 Å². The highest BCUT2D eigenvalue weighted by atomic mass is 16.5. The highest BCUT2D eigenvalue weighted by Crippen LogP contribution is 2.27. The lowest BCUT2D eigenvalue weighted by atomic mass is 10.1. The van der Waals surface area contributed by atoms with E-state index in [1.807, 2.05) is 0 Å². The molecule has 0 aliphatic carbocycles. The second-order valence-electron chi connectivity index (χ2n) is 7.21. The third kappa shape index (κ3) is 3.68. The number of benzene rings is 1. The molecule has 4 rings (SSSR count). The Morgan fingerprint density at radius 1 is 1.04 bits per heavy atom. The number of aryl methyl sites for hydroxylation is 2. The average Bonchev–Trinajstić information content (AvgIpc) is 2.64.